The Hall–Kier alpha value is -1.39. The molecule has 0 aliphatic carbocycles. The smallest absolute Gasteiger partial charge is 0.234 e. The molecule has 0 spiro atoms. The summed E-state index contributed by atoms with van der Waals surface area (Å²) in [7, 11) is 0. The molecule has 0 aromatic heterocycles. The third-order valence-electron chi connectivity index (χ3n) is 3.25. The Kier molecular flexibility index (Phi) is 4.73. The maximum absolute atomic E-state index is 11.9. The molecule has 0 saturated carbocycles. The molecule has 2 rings (SSSR count). The monoisotopic (exact) mass is 247 g/mol. The standard InChI is InChI=1S/C14H21N3O/c1-12(13-5-3-2-4-6-13)16-14(18)11-17-9-7-15-8-10-17/h2-6,12,15H,7-11H2,1H3,(H,16,18). The van der Waals surface area contributed by atoms with E-state index in [0.29, 0.717) is 6.54 Å². The highest BCUT2D eigenvalue weighted by Gasteiger charge is 2.15. The summed E-state index contributed by atoms with van der Waals surface area (Å²) in [6, 6.07) is 10.1. The second-order valence-corrected chi connectivity index (χ2v) is 4.73. The Morgan fingerprint density at radius 2 is 2.00 bits per heavy atom. The highest BCUT2D eigenvalue weighted by molar-refractivity contribution is 5.78. The van der Waals surface area contributed by atoms with Crippen LogP contribution in [0.1, 0.15) is 18.5 Å². The molecule has 2 N–H and O–H groups in total. The number of piperazine rings is 1. The highest BCUT2D eigenvalue weighted by atomic mass is 16.2. The molecule has 0 radical (unpaired) electrons. The summed E-state index contributed by atoms with van der Waals surface area (Å²) in [6.07, 6.45) is 0. The minimum Gasteiger partial charge on any atom is -0.348 e. The Balaban J connectivity index is 1.80. The average Bonchev–Trinajstić information content (AvgIpc) is 2.40. The first-order chi connectivity index (χ1) is 8.75. The van der Waals surface area contributed by atoms with Gasteiger partial charge in [0.05, 0.1) is 12.6 Å². The quantitative estimate of drug-likeness (QED) is 0.826. The van der Waals surface area contributed by atoms with Gasteiger partial charge in [-0.2, -0.15) is 0 Å². The number of hydrogen-bond donors (Lipinski definition) is 2. The van der Waals surface area contributed by atoms with Crippen molar-refractivity contribution in [1.29, 1.82) is 0 Å². The number of nitrogens with one attached hydrogen (secondary N) is 2. The molecule has 1 aromatic rings. The lowest BCUT2D eigenvalue weighted by atomic mass is 10.1. The first-order valence-corrected chi connectivity index (χ1v) is 6.53. The number of nitrogens with zero attached hydrogens (tertiary/aromatic N) is 1. The van der Waals surface area contributed by atoms with Crippen LogP contribution < -0.4 is 10.6 Å². The van der Waals surface area contributed by atoms with Gasteiger partial charge in [-0.25, -0.2) is 0 Å². The number of carbonyl (C=O) groups is 1. The predicted octanol–water partition coefficient (Wildman–Crippen LogP) is 0.769. The van der Waals surface area contributed by atoms with E-state index in [1.54, 1.807) is 0 Å². The first kappa shape index (κ1) is 13.1. The minimum absolute atomic E-state index is 0.0709. The summed E-state index contributed by atoms with van der Waals surface area (Å²) in [6.45, 7) is 6.37. The zero-order valence-corrected chi connectivity index (χ0v) is 10.9. The van der Waals surface area contributed by atoms with Crippen molar-refractivity contribution < 1.29 is 4.79 Å². The molecule has 4 nitrogen and oxygen atoms in total. The maximum atomic E-state index is 11.9. The summed E-state index contributed by atoms with van der Waals surface area (Å²) in [5.74, 6) is 0.105. The SMILES string of the molecule is CC(NC(=O)CN1CCNCC1)c1ccccc1. The van der Waals surface area contributed by atoms with Crippen LogP contribution in [-0.2, 0) is 4.79 Å². The van der Waals surface area contributed by atoms with Gasteiger partial charge in [0.1, 0.15) is 0 Å². The van der Waals surface area contributed by atoms with Gasteiger partial charge >= 0.3 is 0 Å². The van der Waals surface area contributed by atoms with Crippen LogP contribution >= 0.6 is 0 Å². The van der Waals surface area contributed by atoms with Crippen molar-refractivity contribution in [3.63, 3.8) is 0 Å². The fourth-order valence-corrected chi connectivity index (χ4v) is 2.18. The van der Waals surface area contributed by atoms with E-state index in [-0.39, 0.29) is 11.9 Å². The van der Waals surface area contributed by atoms with Gasteiger partial charge in [-0.1, -0.05) is 30.3 Å². The summed E-state index contributed by atoms with van der Waals surface area (Å²) in [5, 5.41) is 6.32. The van der Waals surface area contributed by atoms with Gasteiger partial charge in [0.15, 0.2) is 0 Å². The van der Waals surface area contributed by atoms with Gasteiger partial charge in [-0.3, -0.25) is 9.69 Å². The molecule has 1 aromatic carbocycles. The number of amides is 1. The number of rotatable bonds is 4. The third-order valence-corrected chi connectivity index (χ3v) is 3.25. The van der Waals surface area contributed by atoms with Gasteiger partial charge in [-0.05, 0) is 12.5 Å². The second kappa shape index (κ2) is 6.52. The molecule has 4 heteroatoms. The average molecular weight is 247 g/mol. The first-order valence-electron chi connectivity index (χ1n) is 6.53. The third kappa shape index (κ3) is 3.82. The van der Waals surface area contributed by atoms with Crippen LogP contribution in [0.2, 0.25) is 0 Å². The molecule has 1 amide bonds. The van der Waals surface area contributed by atoms with Crippen LogP contribution in [0.25, 0.3) is 0 Å². The van der Waals surface area contributed by atoms with Crippen LogP contribution in [0, 0.1) is 0 Å². The molecular weight excluding hydrogens is 226 g/mol. The van der Waals surface area contributed by atoms with Gasteiger partial charge < -0.3 is 10.6 Å². The normalized spacial score (nSPS) is 18.3. The lowest BCUT2D eigenvalue weighted by molar-refractivity contribution is -0.123. The minimum atomic E-state index is 0.0709. The summed E-state index contributed by atoms with van der Waals surface area (Å²) in [5.41, 5.74) is 1.14. The lowest BCUT2D eigenvalue weighted by Crippen LogP contribution is -2.47. The Morgan fingerprint density at radius 1 is 1.33 bits per heavy atom. The zero-order chi connectivity index (χ0) is 12.8. The summed E-state index contributed by atoms with van der Waals surface area (Å²) < 4.78 is 0. The van der Waals surface area contributed by atoms with Gasteiger partial charge in [0.25, 0.3) is 0 Å². The van der Waals surface area contributed by atoms with Crippen molar-refractivity contribution in [2.24, 2.45) is 0 Å². The second-order valence-electron chi connectivity index (χ2n) is 4.73. The van der Waals surface area contributed by atoms with Crippen LogP contribution in [0.5, 0.6) is 0 Å². The number of carbonyl (C=O) groups excluding carboxylic acids is 1. The molecule has 1 saturated heterocycles. The van der Waals surface area contributed by atoms with E-state index in [0.717, 1.165) is 31.7 Å². The molecule has 98 valence electrons. The van der Waals surface area contributed by atoms with Crippen molar-refractivity contribution in [2.75, 3.05) is 32.7 Å². The van der Waals surface area contributed by atoms with E-state index in [9.17, 15) is 4.79 Å². The van der Waals surface area contributed by atoms with E-state index >= 15 is 0 Å². The van der Waals surface area contributed by atoms with E-state index in [4.69, 9.17) is 0 Å². The van der Waals surface area contributed by atoms with Crippen molar-refractivity contribution >= 4 is 5.91 Å². The van der Waals surface area contributed by atoms with Gasteiger partial charge in [0.2, 0.25) is 5.91 Å². The molecule has 1 aliphatic rings. The molecule has 0 bridgehead atoms. The Morgan fingerprint density at radius 3 is 2.67 bits per heavy atom. The van der Waals surface area contributed by atoms with Gasteiger partial charge in [-0.15, -0.1) is 0 Å². The molecular formula is C14H21N3O. The zero-order valence-electron chi connectivity index (χ0n) is 10.9. The van der Waals surface area contributed by atoms with Crippen LogP contribution in [-0.4, -0.2) is 43.5 Å². The molecule has 1 aliphatic heterocycles. The van der Waals surface area contributed by atoms with Crippen molar-refractivity contribution in [3.05, 3.63) is 35.9 Å². The molecule has 1 heterocycles. The molecule has 1 atom stereocenters. The molecule has 1 fully saturated rings. The Labute approximate surface area is 108 Å². The largest absolute Gasteiger partial charge is 0.348 e. The van der Waals surface area contributed by atoms with E-state index in [1.807, 2.05) is 37.3 Å². The van der Waals surface area contributed by atoms with E-state index < -0.39 is 0 Å². The van der Waals surface area contributed by atoms with Crippen molar-refractivity contribution in [3.8, 4) is 0 Å². The number of hydrogen-bond acceptors (Lipinski definition) is 3. The van der Waals surface area contributed by atoms with Gasteiger partial charge in [0, 0.05) is 26.2 Å². The van der Waals surface area contributed by atoms with Crippen LogP contribution in [0.15, 0.2) is 30.3 Å². The van der Waals surface area contributed by atoms with E-state index in [2.05, 4.69) is 15.5 Å². The summed E-state index contributed by atoms with van der Waals surface area (Å²) >= 11 is 0. The fourth-order valence-electron chi connectivity index (χ4n) is 2.18. The summed E-state index contributed by atoms with van der Waals surface area (Å²) in [4.78, 5) is 14.1. The molecule has 18 heavy (non-hydrogen) atoms. The van der Waals surface area contributed by atoms with E-state index in [1.165, 1.54) is 0 Å². The molecule has 1 unspecified atom stereocenters. The number of benzene rings is 1. The highest BCUT2D eigenvalue weighted by Crippen LogP contribution is 2.10. The lowest BCUT2D eigenvalue weighted by Gasteiger charge is -2.27. The fraction of sp³-hybridized carbons (Fsp3) is 0.500. The van der Waals surface area contributed by atoms with Crippen LogP contribution in [0.4, 0.5) is 0 Å². The predicted molar refractivity (Wildman–Crippen MR) is 72.3 cm³/mol. The van der Waals surface area contributed by atoms with Crippen LogP contribution in [0.3, 0.4) is 0 Å². The van der Waals surface area contributed by atoms with Crippen molar-refractivity contribution in [1.82, 2.24) is 15.5 Å². The Bertz CT molecular complexity index is 374. The maximum Gasteiger partial charge on any atom is 0.234 e. The topological polar surface area (TPSA) is 44.4 Å². The van der Waals surface area contributed by atoms with Crippen molar-refractivity contribution in [2.45, 2.75) is 13.0 Å².